The molecule has 1 heterocycles. The van der Waals surface area contributed by atoms with E-state index in [1.54, 1.807) is 7.11 Å². The van der Waals surface area contributed by atoms with Crippen molar-refractivity contribution in [3.05, 3.63) is 59.5 Å². The Morgan fingerprint density at radius 1 is 1.16 bits per heavy atom. The Morgan fingerprint density at radius 2 is 2.00 bits per heavy atom. The number of para-hydroxylation sites is 1. The number of benzene rings is 2. The number of oxazole rings is 1. The van der Waals surface area contributed by atoms with Crippen LogP contribution in [0.25, 0.3) is 11.1 Å². The van der Waals surface area contributed by atoms with Gasteiger partial charge in [0.15, 0.2) is 11.5 Å². The number of hydrogen-bond acceptors (Lipinski definition) is 3. The van der Waals surface area contributed by atoms with E-state index in [0.717, 1.165) is 22.4 Å². The van der Waals surface area contributed by atoms with Crippen LogP contribution in [0.15, 0.2) is 46.9 Å². The summed E-state index contributed by atoms with van der Waals surface area (Å²) in [5, 5.41) is 0. The Balaban J connectivity index is 1.96. The lowest BCUT2D eigenvalue weighted by molar-refractivity contribution is 0.408. The summed E-state index contributed by atoms with van der Waals surface area (Å²) < 4.78 is 11.1. The van der Waals surface area contributed by atoms with Crippen molar-refractivity contribution in [2.75, 3.05) is 7.11 Å². The maximum Gasteiger partial charge on any atom is 0.200 e. The lowest BCUT2D eigenvalue weighted by Gasteiger charge is -2.05. The zero-order valence-corrected chi connectivity index (χ0v) is 11.0. The van der Waals surface area contributed by atoms with E-state index in [9.17, 15) is 0 Å². The molecule has 2 aromatic carbocycles. The summed E-state index contributed by atoms with van der Waals surface area (Å²) in [7, 11) is 1.67. The minimum Gasteiger partial charge on any atom is -0.496 e. The summed E-state index contributed by atoms with van der Waals surface area (Å²) in [5.74, 6) is 1.58. The van der Waals surface area contributed by atoms with E-state index in [0.29, 0.717) is 12.3 Å². The predicted octanol–water partition coefficient (Wildman–Crippen LogP) is 3.74. The van der Waals surface area contributed by atoms with Gasteiger partial charge in [-0.05, 0) is 30.7 Å². The summed E-state index contributed by atoms with van der Waals surface area (Å²) in [4.78, 5) is 4.50. The topological polar surface area (TPSA) is 35.3 Å². The van der Waals surface area contributed by atoms with Crippen molar-refractivity contribution in [3.63, 3.8) is 0 Å². The van der Waals surface area contributed by atoms with E-state index in [1.807, 2.05) is 49.4 Å². The number of rotatable bonds is 3. The molecule has 0 aliphatic carbocycles. The van der Waals surface area contributed by atoms with Crippen LogP contribution in [0.4, 0.5) is 0 Å². The van der Waals surface area contributed by atoms with E-state index in [-0.39, 0.29) is 0 Å². The highest BCUT2D eigenvalue weighted by molar-refractivity contribution is 5.73. The van der Waals surface area contributed by atoms with Crippen molar-refractivity contribution in [3.8, 4) is 5.75 Å². The molecule has 0 N–H and O–H groups in total. The molecule has 19 heavy (non-hydrogen) atoms. The molecule has 1 aromatic heterocycles. The van der Waals surface area contributed by atoms with Crippen LogP contribution in [0, 0.1) is 6.92 Å². The van der Waals surface area contributed by atoms with Crippen molar-refractivity contribution in [1.29, 1.82) is 0 Å². The third kappa shape index (κ3) is 2.32. The van der Waals surface area contributed by atoms with Crippen LogP contribution in [0.2, 0.25) is 0 Å². The lowest BCUT2D eigenvalue weighted by atomic mass is 10.1. The molecule has 3 nitrogen and oxygen atoms in total. The molecule has 0 atom stereocenters. The smallest absolute Gasteiger partial charge is 0.200 e. The van der Waals surface area contributed by atoms with Crippen molar-refractivity contribution >= 4 is 11.1 Å². The van der Waals surface area contributed by atoms with Gasteiger partial charge in [0, 0.05) is 5.56 Å². The van der Waals surface area contributed by atoms with Crippen LogP contribution in [-0.2, 0) is 6.42 Å². The molecule has 3 aromatic rings. The van der Waals surface area contributed by atoms with Crippen LogP contribution in [0.3, 0.4) is 0 Å². The molecule has 0 saturated carbocycles. The van der Waals surface area contributed by atoms with Crippen molar-refractivity contribution < 1.29 is 9.15 Å². The quantitative estimate of drug-likeness (QED) is 0.713. The Morgan fingerprint density at radius 3 is 2.84 bits per heavy atom. The fourth-order valence-corrected chi connectivity index (χ4v) is 2.17. The van der Waals surface area contributed by atoms with E-state index >= 15 is 0 Å². The van der Waals surface area contributed by atoms with Crippen molar-refractivity contribution in [2.45, 2.75) is 13.3 Å². The molecule has 3 rings (SSSR count). The zero-order chi connectivity index (χ0) is 13.2. The SMILES string of the molecule is COc1ccccc1Cc1nc2ccc(C)cc2o1. The van der Waals surface area contributed by atoms with Gasteiger partial charge in [-0.2, -0.15) is 0 Å². The second kappa shape index (κ2) is 4.76. The van der Waals surface area contributed by atoms with E-state index in [2.05, 4.69) is 4.98 Å². The Labute approximate surface area is 111 Å². The van der Waals surface area contributed by atoms with E-state index < -0.39 is 0 Å². The van der Waals surface area contributed by atoms with Crippen LogP contribution in [0.1, 0.15) is 17.0 Å². The number of methoxy groups -OCH3 is 1. The standard InChI is InChI=1S/C16H15NO2/c1-11-7-8-13-15(9-11)19-16(17-13)10-12-5-3-4-6-14(12)18-2/h3-9H,10H2,1-2H3. The summed E-state index contributed by atoms with van der Waals surface area (Å²) in [6, 6.07) is 14.0. The van der Waals surface area contributed by atoms with Crippen LogP contribution in [-0.4, -0.2) is 12.1 Å². The molecule has 3 heteroatoms. The number of ether oxygens (including phenoxy) is 1. The normalized spacial score (nSPS) is 10.8. The van der Waals surface area contributed by atoms with Crippen molar-refractivity contribution in [1.82, 2.24) is 4.98 Å². The highest BCUT2D eigenvalue weighted by Crippen LogP contribution is 2.23. The van der Waals surface area contributed by atoms with Gasteiger partial charge in [-0.1, -0.05) is 24.3 Å². The molecule has 96 valence electrons. The molecule has 0 amide bonds. The second-order valence-electron chi connectivity index (χ2n) is 4.57. The van der Waals surface area contributed by atoms with Gasteiger partial charge in [0.05, 0.1) is 13.5 Å². The molecule has 0 fully saturated rings. The van der Waals surface area contributed by atoms with Gasteiger partial charge >= 0.3 is 0 Å². The molecule has 0 aliphatic rings. The van der Waals surface area contributed by atoms with Gasteiger partial charge < -0.3 is 9.15 Å². The molecule has 0 bridgehead atoms. The first-order chi connectivity index (χ1) is 9.26. The van der Waals surface area contributed by atoms with Gasteiger partial charge in [-0.3, -0.25) is 0 Å². The van der Waals surface area contributed by atoms with Crippen LogP contribution >= 0.6 is 0 Å². The first-order valence-corrected chi connectivity index (χ1v) is 6.24. The van der Waals surface area contributed by atoms with Gasteiger partial charge in [0.2, 0.25) is 0 Å². The van der Waals surface area contributed by atoms with Crippen LogP contribution in [0.5, 0.6) is 5.75 Å². The second-order valence-corrected chi connectivity index (χ2v) is 4.57. The molecule has 0 saturated heterocycles. The Bertz CT molecular complexity index is 716. The third-order valence-electron chi connectivity index (χ3n) is 3.12. The predicted molar refractivity (Wildman–Crippen MR) is 74.5 cm³/mol. The molecule has 0 aliphatic heterocycles. The number of nitrogens with zero attached hydrogens (tertiary/aromatic N) is 1. The highest BCUT2D eigenvalue weighted by atomic mass is 16.5. The maximum atomic E-state index is 5.79. The maximum absolute atomic E-state index is 5.79. The summed E-state index contributed by atoms with van der Waals surface area (Å²) in [6.45, 7) is 2.04. The summed E-state index contributed by atoms with van der Waals surface area (Å²) in [6.07, 6.45) is 0.637. The zero-order valence-electron chi connectivity index (χ0n) is 11.0. The summed E-state index contributed by atoms with van der Waals surface area (Å²) in [5.41, 5.74) is 3.99. The van der Waals surface area contributed by atoms with E-state index in [4.69, 9.17) is 9.15 Å². The number of fused-ring (bicyclic) bond motifs is 1. The van der Waals surface area contributed by atoms with Gasteiger partial charge in [0.25, 0.3) is 0 Å². The monoisotopic (exact) mass is 253 g/mol. The molecule has 0 spiro atoms. The fourth-order valence-electron chi connectivity index (χ4n) is 2.17. The Hall–Kier alpha value is -2.29. The first-order valence-electron chi connectivity index (χ1n) is 6.24. The largest absolute Gasteiger partial charge is 0.496 e. The van der Waals surface area contributed by atoms with E-state index in [1.165, 1.54) is 5.56 Å². The molecule has 0 unspecified atom stereocenters. The number of aromatic nitrogens is 1. The number of hydrogen-bond donors (Lipinski definition) is 0. The van der Waals surface area contributed by atoms with Gasteiger partial charge in [-0.25, -0.2) is 4.98 Å². The minimum absolute atomic E-state index is 0.637. The molecular formula is C16H15NO2. The Kier molecular flexibility index (Phi) is 2.95. The average molecular weight is 253 g/mol. The van der Waals surface area contributed by atoms with Gasteiger partial charge in [0.1, 0.15) is 11.3 Å². The average Bonchev–Trinajstić information content (AvgIpc) is 2.80. The molecular weight excluding hydrogens is 238 g/mol. The third-order valence-corrected chi connectivity index (χ3v) is 3.12. The van der Waals surface area contributed by atoms with Crippen LogP contribution < -0.4 is 4.74 Å². The highest BCUT2D eigenvalue weighted by Gasteiger charge is 2.09. The van der Waals surface area contributed by atoms with Crippen molar-refractivity contribution in [2.24, 2.45) is 0 Å². The molecule has 0 radical (unpaired) electrons. The minimum atomic E-state index is 0.637. The first kappa shape index (κ1) is 11.8. The van der Waals surface area contributed by atoms with Gasteiger partial charge in [-0.15, -0.1) is 0 Å². The fraction of sp³-hybridized carbons (Fsp3) is 0.188. The number of aryl methyl sites for hydroxylation is 1. The summed E-state index contributed by atoms with van der Waals surface area (Å²) >= 11 is 0. The lowest BCUT2D eigenvalue weighted by Crippen LogP contribution is -1.93.